The second kappa shape index (κ2) is 4.05. The number of benzene rings is 1. The minimum absolute atomic E-state index is 0.000833. The first-order valence-corrected chi connectivity index (χ1v) is 4.73. The van der Waals surface area contributed by atoms with Gasteiger partial charge in [-0.1, -0.05) is 24.3 Å². The molecule has 0 aliphatic heterocycles. The van der Waals surface area contributed by atoms with Gasteiger partial charge in [-0.25, -0.2) is 0 Å². The first-order valence-electron chi connectivity index (χ1n) is 3.74. The number of alkyl halides is 3. The van der Waals surface area contributed by atoms with E-state index in [4.69, 9.17) is 0 Å². The zero-order valence-corrected chi connectivity index (χ0v) is 7.88. The minimum atomic E-state index is -4.14. The van der Waals surface area contributed by atoms with E-state index in [0.29, 0.717) is 0 Å². The molecule has 0 aliphatic rings. The topological polar surface area (TPSA) is 0 Å². The van der Waals surface area contributed by atoms with Gasteiger partial charge in [0.05, 0.1) is 0 Å². The summed E-state index contributed by atoms with van der Waals surface area (Å²) >= 11 is 0.000833. The van der Waals surface area contributed by atoms with Gasteiger partial charge in [0.2, 0.25) is 0 Å². The molecule has 0 unspecified atom stereocenters. The highest BCUT2D eigenvalue weighted by molar-refractivity contribution is 7.99. The van der Waals surface area contributed by atoms with Crippen LogP contribution >= 0.6 is 11.8 Å². The van der Waals surface area contributed by atoms with Crippen LogP contribution in [0, 0.1) is 6.92 Å². The summed E-state index contributed by atoms with van der Waals surface area (Å²) in [4.78, 5) is 0. The van der Waals surface area contributed by atoms with E-state index >= 15 is 0 Å². The Hall–Kier alpha value is -0.640. The quantitative estimate of drug-likeness (QED) is 0.710. The maximum absolute atomic E-state index is 11.8. The molecule has 0 N–H and O–H groups in total. The van der Waals surface area contributed by atoms with Crippen molar-refractivity contribution in [2.24, 2.45) is 0 Å². The predicted octanol–water partition coefficient (Wildman–Crippen LogP) is 3.75. The van der Waals surface area contributed by atoms with Gasteiger partial charge in [0.25, 0.3) is 0 Å². The Morgan fingerprint density at radius 1 is 1.23 bits per heavy atom. The molecule has 13 heavy (non-hydrogen) atoms. The van der Waals surface area contributed by atoms with Crippen LogP contribution in [0.5, 0.6) is 0 Å². The summed E-state index contributed by atoms with van der Waals surface area (Å²) in [5.74, 6) is -0.00380. The van der Waals surface area contributed by atoms with Gasteiger partial charge in [-0.3, -0.25) is 0 Å². The Kier molecular flexibility index (Phi) is 3.25. The van der Waals surface area contributed by atoms with Crippen molar-refractivity contribution in [3.63, 3.8) is 0 Å². The molecule has 0 aliphatic carbocycles. The second-order valence-corrected chi connectivity index (χ2v) is 3.70. The highest BCUT2D eigenvalue weighted by Gasteiger charge is 2.27. The van der Waals surface area contributed by atoms with Crippen molar-refractivity contribution in [2.75, 3.05) is 0 Å². The molecule has 0 heterocycles. The zero-order valence-electron chi connectivity index (χ0n) is 7.06. The Balaban J connectivity index is 2.60. The summed E-state index contributed by atoms with van der Waals surface area (Å²) in [5.41, 5.74) is -2.49. The normalized spacial score (nSPS) is 11.7. The molecular weight excluding hydrogens is 197 g/mol. The van der Waals surface area contributed by atoms with Gasteiger partial charge in [-0.2, -0.15) is 13.2 Å². The van der Waals surface area contributed by atoms with Gasteiger partial charge < -0.3 is 0 Å². The van der Waals surface area contributed by atoms with Gasteiger partial charge >= 0.3 is 5.51 Å². The van der Waals surface area contributed by atoms with E-state index in [9.17, 15) is 13.2 Å². The SMILES string of the molecule is Cc1ccccc1CSC(F)(F)F. The lowest BCUT2D eigenvalue weighted by atomic mass is 10.1. The molecule has 1 rings (SSSR count). The molecule has 1 aromatic carbocycles. The first kappa shape index (κ1) is 10.4. The Labute approximate surface area is 79.1 Å². The van der Waals surface area contributed by atoms with E-state index in [0.717, 1.165) is 11.1 Å². The molecule has 0 radical (unpaired) electrons. The highest BCUT2D eigenvalue weighted by Crippen LogP contribution is 2.33. The molecule has 0 saturated carbocycles. The van der Waals surface area contributed by atoms with Crippen LogP contribution in [-0.4, -0.2) is 5.51 Å². The highest BCUT2D eigenvalue weighted by atomic mass is 32.2. The molecule has 0 atom stereocenters. The van der Waals surface area contributed by atoms with Crippen molar-refractivity contribution in [1.29, 1.82) is 0 Å². The number of thioether (sulfide) groups is 1. The van der Waals surface area contributed by atoms with Gasteiger partial charge in [0, 0.05) is 5.75 Å². The number of halogens is 3. The molecule has 0 aromatic heterocycles. The maximum atomic E-state index is 11.8. The third kappa shape index (κ3) is 3.72. The first-order chi connectivity index (χ1) is 5.99. The summed E-state index contributed by atoms with van der Waals surface area (Å²) < 4.78 is 35.5. The van der Waals surface area contributed by atoms with Crippen molar-refractivity contribution >= 4 is 11.8 Å². The molecule has 0 amide bonds. The van der Waals surface area contributed by atoms with Crippen LogP contribution in [-0.2, 0) is 5.75 Å². The van der Waals surface area contributed by atoms with E-state index in [2.05, 4.69) is 0 Å². The molecule has 0 fully saturated rings. The average molecular weight is 206 g/mol. The number of aryl methyl sites for hydroxylation is 1. The van der Waals surface area contributed by atoms with Crippen LogP contribution in [0.4, 0.5) is 13.2 Å². The largest absolute Gasteiger partial charge is 0.442 e. The summed E-state index contributed by atoms with van der Waals surface area (Å²) in [6.45, 7) is 1.81. The van der Waals surface area contributed by atoms with Crippen molar-refractivity contribution in [1.82, 2.24) is 0 Å². The second-order valence-electron chi connectivity index (χ2n) is 2.66. The number of rotatable bonds is 2. The minimum Gasteiger partial charge on any atom is -0.160 e. The van der Waals surface area contributed by atoms with Crippen LogP contribution in [0.1, 0.15) is 11.1 Å². The Morgan fingerprint density at radius 2 is 1.85 bits per heavy atom. The van der Waals surface area contributed by atoms with Crippen LogP contribution in [0.3, 0.4) is 0 Å². The summed E-state index contributed by atoms with van der Waals surface area (Å²) in [7, 11) is 0. The van der Waals surface area contributed by atoms with Crippen molar-refractivity contribution in [2.45, 2.75) is 18.2 Å². The maximum Gasteiger partial charge on any atom is 0.442 e. The van der Waals surface area contributed by atoms with E-state index in [-0.39, 0.29) is 17.5 Å². The van der Waals surface area contributed by atoms with Crippen molar-refractivity contribution in [3.05, 3.63) is 35.4 Å². The third-order valence-electron chi connectivity index (χ3n) is 1.65. The Bertz CT molecular complexity index is 280. The predicted molar refractivity (Wildman–Crippen MR) is 48.5 cm³/mol. The molecule has 4 heteroatoms. The van der Waals surface area contributed by atoms with Crippen LogP contribution in [0.25, 0.3) is 0 Å². The van der Waals surface area contributed by atoms with E-state index in [1.807, 2.05) is 19.1 Å². The number of hydrogen-bond donors (Lipinski definition) is 0. The average Bonchev–Trinajstić information content (AvgIpc) is 2.01. The van der Waals surface area contributed by atoms with E-state index < -0.39 is 5.51 Å². The van der Waals surface area contributed by atoms with Gasteiger partial charge in [0.1, 0.15) is 0 Å². The summed E-state index contributed by atoms with van der Waals surface area (Å²) in [5, 5.41) is 0. The summed E-state index contributed by atoms with van der Waals surface area (Å²) in [6, 6.07) is 7.09. The molecule has 1 aromatic rings. The molecule has 72 valence electrons. The smallest absolute Gasteiger partial charge is 0.160 e. The van der Waals surface area contributed by atoms with Crippen LogP contribution in [0.15, 0.2) is 24.3 Å². The lowest BCUT2D eigenvalue weighted by molar-refractivity contribution is -0.0329. The molecule has 0 saturated heterocycles. The summed E-state index contributed by atoms with van der Waals surface area (Å²) in [6.07, 6.45) is 0. The van der Waals surface area contributed by atoms with Crippen molar-refractivity contribution < 1.29 is 13.2 Å². The molecule has 0 spiro atoms. The third-order valence-corrected chi connectivity index (χ3v) is 2.44. The van der Waals surface area contributed by atoms with Gasteiger partial charge in [0.15, 0.2) is 0 Å². The Morgan fingerprint density at radius 3 is 2.38 bits per heavy atom. The lowest BCUT2D eigenvalue weighted by Gasteiger charge is -2.07. The molecular formula is C9H9F3S. The zero-order chi connectivity index (χ0) is 9.90. The fraction of sp³-hybridized carbons (Fsp3) is 0.333. The monoisotopic (exact) mass is 206 g/mol. The molecule has 0 bridgehead atoms. The fourth-order valence-electron chi connectivity index (χ4n) is 0.932. The van der Waals surface area contributed by atoms with E-state index in [1.54, 1.807) is 12.1 Å². The van der Waals surface area contributed by atoms with Crippen LogP contribution in [0.2, 0.25) is 0 Å². The number of hydrogen-bond acceptors (Lipinski definition) is 1. The fourth-order valence-corrected chi connectivity index (χ4v) is 1.57. The lowest BCUT2D eigenvalue weighted by Crippen LogP contribution is -2.00. The molecule has 0 nitrogen and oxygen atoms in total. The van der Waals surface area contributed by atoms with Crippen molar-refractivity contribution in [3.8, 4) is 0 Å². The standard InChI is InChI=1S/C9H9F3S/c1-7-4-2-3-5-8(7)6-13-9(10,11)12/h2-5H,6H2,1H3. The van der Waals surface area contributed by atoms with Gasteiger partial charge in [-0.05, 0) is 29.8 Å². The van der Waals surface area contributed by atoms with Crippen LogP contribution < -0.4 is 0 Å². The van der Waals surface area contributed by atoms with E-state index in [1.165, 1.54) is 0 Å². The van der Waals surface area contributed by atoms with Gasteiger partial charge in [-0.15, -0.1) is 0 Å².